The van der Waals surface area contributed by atoms with Crippen molar-refractivity contribution in [1.29, 1.82) is 0 Å². The molecule has 0 saturated heterocycles. The highest BCUT2D eigenvalue weighted by molar-refractivity contribution is 5.87. The van der Waals surface area contributed by atoms with Crippen LogP contribution in [-0.4, -0.2) is 24.2 Å². The lowest BCUT2D eigenvalue weighted by Crippen LogP contribution is -2.20. The molecule has 1 aromatic carbocycles. The number of fused-ring (bicyclic) bond motifs is 1. The maximum Gasteiger partial charge on any atom is 0.360 e. The molecule has 6 nitrogen and oxygen atoms in total. The molecule has 1 aromatic heterocycles. The summed E-state index contributed by atoms with van der Waals surface area (Å²) < 4.78 is 15.8. The van der Waals surface area contributed by atoms with Crippen LogP contribution in [0.3, 0.4) is 0 Å². The van der Waals surface area contributed by atoms with Crippen molar-refractivity contribution in [1.82, 2.24) is 4.98 Å². The van der Waals surface area contributed by atoms with Crippen molar-refractivity contribution in [3.63, 3.8) is 0 Å². The second-order valence-electron chi connectivity index (χ2n) is 4.63. The lowest BCUT2D eigenvalue weighted by molar-refractivity contribution is 0.0519. The predicted molar refractivity (Wildman–Crippen MR) is 75.4 cm³/mol. The maximum absolute atomic E-state index is 11.6. The third-order valence-corrected chi connectivity index (χ3v) is 3.24. The van der Waals surface area contributed by atoms with E-state index in [-0.39, 0.29) is 11.7 Å². The van der Waals surface area contributed by atoms with Crippen LogP contribution in [0, 0.1) is 0 Å². The zero-order valence-corrected chi connectivity index (χ0v) is 11.7. The highest BCUT2D eigenvalue weighted by atomic mass is 16.5. The summed E-state index contributed by atoms with van der Waals surface area (Å²) in [4.78, 5) is 15.7. The second-order valence-corrected chi connectivity index (χ2v) is 4.63. The first kappa shape index (κ1) is 13.5. The number of hydrogen-bond donors (Lipinski definition) is 1. The Balaban J connectivity index is 1.75. The molecule has 1 unspecified atom stereocenters. The number of oxazole rings is 1. The zero-order chi connectivity index (χ0) is 14.7. The lowest BCUT2D eigenvalue weighted by Gasteiger charge is -2.25. The van der Waals surface area contributed by atoms with Gasteiger partial charge in [-0.1, -0.05) is 18.2 Å². The highest BCUT2D eigenvalue weighted by Gasteiger charge is 2.23. The van der Waals surface area contributed by atoms with Gasteiger partial charge in [0.2, 0.25) is 0 Å². The summed E-state index contributed by atoms with van der Waals surface area (Å²) in [6.07, 6.45) is 2.10. The first-order chi connectivity index (χ1) is 10.3. The molecule has 0 radical (unpaired) electrons. The number of para-hydroxylation sites is 1. The average Bonchev–Trinajstić information content (AvgIpc) is 2.97. The van der Waals surface area contributed by atoms with Crippen LogP contribution in [0.25, 0.3) is 0 Å². The molecule has 0 bridgehead atoms. The number of nitrogens with one attached hydrogen (secondary N) is 1. The Morgan fingerprint density at radius 1 is 1.48 bits per heavy atom. The van der Waals surface area contributed by atoms with E-state index in [1.165, 1.54) is 6.26 Å². The van der Waals surface area contributed by atoms with Crippen LogP contribution < -0.4 is 10.1 Å². The molecule has 6 heteroatoms. The average molecular weight is 288 g/mol. The van der Waals surface area contributed by atoms with Gasteiger partial charge in [-0.2, -0.15) is 4.98 Å². The SMILES string of the molecule is CCOC(=O)c1coc(NC2CCOc3ccccc32)n1. The van der Waals surface area contributed by atoms with Crippen molar-refractivity contribution in [3.05, 3.63) is 41.8 Å². The van der Waals surface area contributed by atoms with E-state index in [1.807, 2.05) is 24.3 Å². The molecule has 21 heavy (non-hydrogen) atoms. The van der Waals surface area contributed by atoms with E-state index in [0.717, 1.165) is 17.7 Å². The molecule has 1 aliphatic rings. The Morgan fingerprint density at radius 3 is 3.19 bits per heavy atom. The summed E-state index contributed by atoms with van der Waals surface area (Å²) in [5, 5.41) is 3.19. The Morgan fingerprint density at radius 2 is 2.33 bits per heavy atom. The minimum Gasteiger partial charge on any atom is -0.493 e. The molecule has 3 rings (SSSR count). The fourth-order valence-electron chi connectivity index (χ4n) is 2.28. The number of hydrogen-bond acceptors (Lipinski definition) is 6. The third kappa shape index (κ3) is 2.84. The first-order valence-corrected chi connectivity index (χ1v) is 6.89. The Bertz CT molecular complexity index is 638. The van der Waals surface area contributed by atoms with Crippen LogP contribution in [0.15, 0.2) is 34.9 Å². The van der Waals surface area contributed by atoms with Crippen LogP contribution in [-0.2, 0) is 4.74 Å². The number of rotatable bonds is 4. The zero-order valence-electron chi connectivity index (χ0n) is 11.7. The van der Waals surface area contributed by atoms with Crippen LogP contribution >= 0.6 is 0 Å². The van der Waals surface area contributed by atoms with Gasteiger partial charge in [0.15, 0.2) is 5.69 Å². The van der Waals surface area contributed by atoms with E-state index in [1.54, 1.807) is 6.92 Å². The normalized spacial score (nSPS) is 16.7. The van der Waals surface area contributed by atoms with Crippen molar-refractivity contribution >= 4 is 12.0 Å². The van der Waals surface area contributed by atoms with Gasteiger partial charge in [0, 0.05) is 12.0 Å². The van der Waals surface area contributed by atoms with Gasteiger partial charge in [-0.15, -0.1) is 0 Å². The van der Waals surface area contributed by atoms with Crippen molar-refractivity contribution < 1.29 is 18.7 Å². The van der Waals surface area contributed by atoms with Gasteiger partial charge in [-0.25, -0.2) is 4.79 Å². The van der Waals surface area contributed by atoms with E-state index in [0.29, 0.717) is 19.2 Å². The molecule has 0 spiro atoms. The summed E-state index contributed by atoms with van der Waals surface area (Å²) in [7, 11) is 0. The monoisotopic (exact) mass is 288 g/mol. The summed E-state index contributed by atoms with van der Waals surface area (Å²) in [6, 6.07) is 8.18. The number of benzene rings is 1. The molecular weight excluding hydrogens is 272 g/mol. The van der Waals surface area contributed by atoms with Crippen LogP contribution in [0.5, 0.6) is 5.75 Å². The predicted octanol–water partition coefficient (Wildman–Crippen LogP) is 2.79. The number of carbonyl (C=O) groups is 1. The molecule has 0 saturated carbocycles. The summed E-state index contributed by atoms with van der Waals surface area (Å²) in [6.45, 7) is 2.68. The summed E-state index contributed by atoms with van der Waals surface area (Å²) in [5.41, 5.74) is 1.22. The number of aromatic nitrogens is 1. The van der Waals surface area contributed by atoms with Crippen LogP contribution in [0.4, 0.5) is 6.01 Å². The number of esters is 1. The van der Waals surface area contributed by atoms with E-state index < -0.39 is 5.97 Å². The minimum atomic E-state index is -0.485. The van der Waals surface area contributed by atoms with Gasteiger partial charge < -0.3 is 19.2 Å². The van der Waals surface area contributed by atoms with Gasteiger partial charge in [0.25, 0.3) is 6.01 Å². The van der Waals surface area contributed by atoms with Gasteiger partial charge in [0.05, 0.1) is 19.3 Å². The number of anilines is 1. The van der Waals surface area contributed by atoms with Crippen molar-refractivity contribution in [2.45, 2.75) is 19.4 Å². The van der Waals surface area contributed by atoms with Gasteiger partial charge in [0.1, 0.15) is 12.0 Å². The van der Waals surface area contributed by atoms with E-state index in [9.17, 15) is 4.79 Å². The van der Waals surface area contributed by atoms with E-state index in [4.69, 9.17) is 13.9 Å². The molecule has 2 aromatic rings. The minimum absolute atomic E-state index is 0.0450. The molecule has 110 valence electrons. The maximum atomic E-state index is 11.6. The Kier molecular flexibility index (Phi) is 3.77. The fourth-order valence-corrected chi connectivity index (χ4v) is 2.28. The van der Waals surface area contributed by atoms with Gasteiger partial charge in [-0.05, 0) is 13.0 Å². The molecule has 0 aliphatic carbocycles. The molecule has 0 amide bonds. The van der Waals surface area contributed by atoms with Crippen LogP contribution in [0.1, 0.15) is 35.4 Å². The van der Waals surface area contributed by atoms with Crippen molar-refractivity contribution in [3.8, 4) is 5.75 Å². The third-order valence-electron chi connectivity index (χ3n) is 3.24. The smallest absolute Gasteiger partial charge is 0.360 e. The van der Waals surface area contributed by atoms with E-state index in [2.05, 4.69) is 10.3 Å². The molecule has 1 N–H and O–H groups in total. The summed E-state index contributed by atoms with van der Waals surface area (Å²) >= 11 is 0. The number of ether oxygens (including phenoxy) is 2. The van der Waals surface area contributed by atoms with E-state index >= 15 is 0 Å². The first-order valence-electron chi connectivity index (χ1n) is 6.89. The Labute approximate surface area is 122 Å². The topological polar surface area (TPSA) is 73.6 Å². The number of carbonyl (C=O) groups excluding carboxylic acids is 1. The molecule has 2 heterocycles. The molecule has 1 aliphatic heterocycles. The molecular formula is C15H16N2O4. The molecule has 0 fully saturated rings. The largest absolute Gasteiger partial charge is 0.493 e. The standard InChI is InChI=1S/C15H16N2O4/c1-2-19-14(18)12-9-21-15(17-12)16-11-7-8-20-13-6-4-3-5-10(11)13/h3-6,9,11H,2,7-8H2,1H3,(H,16,17). The van der Waals surface area contributed by atoms with Crippen molar-refractivity contribution in [2.24, 2.45) is 0 Å². The van der Waals surface area contributed by atoms with Gasteiger partial charge >= 0.3 is 5.97 Å². The van der Waals surface area contributed by atoms with Crippen molar-refractivity contribution in [2.75, 3.05) is 18.5 Å². The fraction of sp³-hybridized carbons (Fsp3) is 0.333. The highest BCUT2D eigenvalue weighted by Crippen LogP contribution is 2.33. The van der Waals surface area contributed by atoms with Crippen LogP contribution in [0.2, 0.25) is 0 Å². The lowest BCUT2D eigenvalue weighted by atomic mass is 10.0. The summed E-state index contributed by atoms with van der Waals surface area (Å²) in [5.74, 6) is 0.375. The quantitative estimate of drug-likeness (QED) is 0.872. The van der Waals surface area contributed by atoms with Gasteiger partial charge in [-0.3, -0.25) is 0 Å². The Hall–Kier alpha value is -2.50. The second kappa shape index (κ2) is 5.87. The number of nitrogens with zero attached hydrogens (tertiary/aromatic N) is 1. The molecule has 1 atom stereocenters.